The van der Waals surface area contributed by atoms with Crippen molar-refractivity contribution in [3.05, 3.63) is 39.7 Å². The molecule has 19 heavy (non-hydrogen) atoms. The molecule has 1 aromatic carbocycles. The summed E-state index contributed by atoms with van der Waals surface area (Å²) in [5.41, 5.74) is -0.628. The molecule has 6 nitrogen and oxygen atoms in total. The van der Waals surface area contributed by atoms with E-state index in [1.54, 1.807) is 7.05 Å². The molecule has 0 unspecified atom stereocenters. The number of benzene rings is 1. The smallest absolute Gasteiger partial charge is 0.285 e. The summed E-state index contributed by atoms with van der Waals surface area (Å²) in [5.74, 6) is -1.24. The Kier molecular flexibility index (Phi) is 6.95. The SMILES string of the molecule is CNCCN(C)C(=O)c1ccc(F)cc1[N+](=O)[O-].Cl. The summed E-state index contributed by atoms with van der Waals surface area (Å²) in [5, 5.41) is 13.6. The highest BCUT2D eigenvalue weighted by Crippen LogP contribution is 2.20. The van der Waals surface area contributed by atoms with Gasteiger partial charge < -0.3 is 10.2 Å². The van der Waals surface area contributed by atoms with E-state index in [2.05, 4.69) is 5.32 Å². The molecule has 8 heteroatoms. The van der Waals surface area contributed by atoms with Gasteiger partial charge in [0.25, 0.3) is 11.6 Å². The first-order valence-corrected chi connectivity index (χ1v) is 5.31. The second-order valence-electron chi connectivity index (χ2n) is 3.75. The summed E-state index contributed by atoms with van der Waals surface area (Å²) in [6.45, 7) is 0.973. The molecule has 0 saturated carbocycles. The molecule has 1 N–H and O–H groups in total. The molecule has 1 rings (SSSR count). The molecule has 0 saturated heterocycles. The van der Waals surface area contributed by atoms with E-state index in [1.165, 1.54) is 11.9 Å². The number of nitrogens with zero attached hydrogens (tertiary/aromatic N) is 2. The van der Waals surface area contributed by atoms with Crippen LogP contribution < -0.4 is 5.32 Å². The van der Waals surface area contributed by atoms with Crippen molar-refractivity contribution in [2.45, 2.75) is 0 Å². The number of nitrogens with one attached hydrogen (secondary N) is 1. The van der Waals surface area contributed by atoms with Gasteiger partial charge >= 0.3 is 0 Å². The molecule has 0 aliphatic rings. The van der Waals surface area contributed by atoms with E-state index >= 15 is 0 Å². The predicted octanol–water partition coefficient (Wildman–Crippen LogP) is 1.45. The van der Waals surface area contributed by atoms with Gasteiger partial charge in [-0.2, -0.15) is 0 Å². The lowest BCUT2D eigenvalue weighted by atomic mass is 10.1. The van der Waals surface area contributed by atoms with Gasteiger partial charge in [0.2, 0.25) is 0 Å². The van der Waals surface area contributed by atoms with Crippen LogP contribution in [0.4, 0.5) is 10.1 Å². The molecule has 0 aliphatic carbocycles. The molecule has 0 bridgehead atoms. The zero-order chi connectivity index (χ0) is 13.7. The van der Waals surface area contributed by atoms with Crippen molar-refractivity contribution in [3.8, 4) is 0 Å². The van der Waals surface area contributed by atoms with Crippen LogP contribution in [0.25, 0.3) is 0 Å². The molecule has 106 valence electrons. The number of nitro groups is 1. The summed E-state index contributed by atoms with van der Waals surface area (Å²) >= 11 is 0. The Morgan fingerprint density at radius 3 is 2.68 bits per heavy atom. The van der Waals surface area contributed by atoms with Crippen LogP contribution in [0.1, 0.15) is 10.4 Å². The summed E-state index contributed by atoms with van der Waals surface area (Å²) in [6.07, 6.45) is 0. The van der Waals surface area contributed by atoms with Crippen molar-refractivity contribution in [3.63, 3.8) is 0 Å². The second-order valence-corrected chi connectivity index (χ2v) is 3.75. The first-order valence-electron chi connectivity index (χ1n) is 5.31. The fourth-order valence-corrected chi connectivity index (χ4v) is 1.42. The monoisotopic (exact) mass is 291 g/mol. The maximum Gasteiger partial charge on any atom is 0.285 e. The van der Waals surface area contributed by atoms with E-state index in [0.29, 0.717) is 13.1 Å². The third-order valence-corrected chi connectivity index (χ3v) is 2.43. The van der Waals surface area contributed by atoms with E-state index in [0.717, 1.165) is 18.2 Å². The molecule has 0 heterocycles. The fourth-order valence-electron chi connectivity index (χ4n) is 1.42. The van der Waals surface area contributed by atoms with Crippen LogP contribution in [0.5, 0.6) is 0 Å². The second kappa shape index (κ2) is 7.65. The van der Waals surface area contributed by atoms with Crippen LogP contribution in [0.15, 0.2) is 18.2 Å². The number of carbonyl (C=O) groups is 1. The lowest BCUT2D eigenvalue weighted by molar-refractivity contribution is -0.385. The minimum absolute atomic E-state index is 0. The number of halogens is 2. The van der Waals surface area contributed by atoms with Gasteiger partial charge in [0, 0.05) is 20.1 Å². The van der Waals surface area contributed by atoms with Crippen LogP contribution in [0.2, 0.25) is 0 Å². The maximum absolute atomic E-state index is 12.9. The topological polar surface area (TPSA) is 75.5 Å². The number of likely N-dealkylation sites (N-methyl/N-ethyl adjacent to an activating group) is 2. The normalized spacial score (nSPS) is 9.63. The minimum Gasteiger partial charge on any atom is -0.340 e. The number of rotatable bonds is 5. The average molecular weight is 292 g/mol. The molecule has 0 fully saturated rings. The predicted molar refractivity (Wildman–Crippen MR) is 71.2 cm³/mol. The number of nitro benzene ring substituents is 1. The van der Waals surface area contributed by atoms with Crippen molar-refractivity contribution in [2.75, 3.05) is 27.2 Å². The van der Waals surface area contributed by atoms with Crippen LogP contribution >= 0.6 is 12.4 Å². The van der Waals surface area contributed by atoms with Crippen molar-refractivity contribution in [2.24, 2.45) is 0 Å². The Bertz CT molecular complexity index is 470. The Balaban J connectivity index is 0.00000324. The van der Waals surface area contributed by atoms with E-state index in [-0.39, 0.29) is 18.0 Å². The first kappa shape index (κ1) is 17.3. The number of hydrogen-bond acceptors (Lipinski definition) is 4. The third-order valence-electron chi connectivity index (χ3n) is 2.43. The zero-order valence-electron chi connectivity index (χ0n) is 10.6. The van der Waals surface area contributed by atoms with E-state index in [1.807, 2.05) is 0 Å². The molecule has 0 radical (unpaired) electrons. The van der Waals surface area contributed by atoms with Gasteiger partial charge in [0.15, 0.2) is 0 Å². The fraction of sp³-hybridized carbons (Fsp3) is 0.364. The van der Waals surface area contributed by atoms with Crippen LogP contribution in [0, 0.1) is 15.9 Å². The summed E-state index contributed by atoms with van der Waals surface area (Å²) < 4.78 is 12.9. The number of carbonyl (C=O) groups excluding carboxylic acids is 1. The summed E-state index contributed by atoms with van der Waals surface area (Å²) in [7, 11) is 3.27. The van der Waals surface area contributed by atoms with Crippen LogP contribution in [0.3, 0.4) is 0 Å². The lowest BCUT2D eigenvalue weighted by Gasteiger charge is -2.16. The highest BCUT2D eigenvalue weighted by molar-refractivity contribution is 5.98. The minimum atomic E-state index is -0.762. The maximum atomic E-state index is 12.9. The Hall–Kier alpha value is -1.73. The number of hydrogen-bond donors (Lipinski definition) is 1. The van der Waals surface area contributed by atoms with E-state index in [9.17, 15) is 19.3 Å². The Labute approximate surface area is 116 Å². The van der Waals surface area contributed by atoms with Gasteiger partial charge in [-0.1, -0.05) is 0 Å². The van der Waals surface area contributed by atoms with Gasteiger partial charge in [-0.15, -0.1) is 12.4 Å². The van der Waals surface area contributed by atoms with Gasteiger partial charge in [-0.25, -0.2) is 4.39 Å². The van der Waals surface area contributed by atoms with Gasteiger partial charge in [-0.05, 0) is 19.2 Å². The Morgan fingerprint density at radius 1 is 1.53 bits per heavy atom. The highest BCUT2D eigenvalue weighted by Gasteiger charge is 2.23. The van der Waals surface area contributed by atoms with E-state index in [4.69, 9.17) is 0 Å². The van der Waals surface area contributed by atoms with Gasteiger partial charge in [0.05, 0.1) is 11.0 Å². The summed E-state index contributed by atoms with van der Waals surface area (Å²) in [6, 6.07) is 2.91. The van der Waals surface area contributed by atoms with Gasteiger partial charge in [0.1, 0.15) is 11.4 Å². The summed E-state index contributed by atoms with van der Waals surface area (Å²) in [4.78, 5) is 23.3. The van der Waals surface area contributed by atoms with Crippen molar-refractivity contribution in [1.82, 2.24) is 10.2 Å². The highest BCUT2D eigenvalue weighted by atomic mass is 35.5. The first-order chi connectivity index (χ1) is 8.47. The van der Waals surface area contributed by atoms with Crippen molar-refractivity contribution in [1.29, 1.82) is 0 Å². The third kappa shape index (κ3) is 4.46. The van der Waals surface area contributed by atoms with Crippen LogP contribution in [-0.4, -0.2) is 42.9 Å². The molecular weight excluding hydrogens is 277 g/mol. The molecule has 0 aliphatic heterocycles. The average Bonchev–Trinajstić information content (AvgIpc) is 2.34. The largest absolute Gasteiger partial charge is 0.340 e. The van der Waals surface area contributed by atoms with Crippen molar-refractivity contribution < 1.29 is 14.1 Å². The van der Waals surface area contributed by atoms with Gasteiger partial charge in [-0.3, -0.25) is 14.9 Å². The van der Waals surface area contributed by atoms with Crippen LogP contribution in [-0.2, 0) is 0 Å². The standard InChI is InChI=1S/C11H14FN3O3.ClH/c1-13-5-6-14(2)11(16)9-4-3-8(12)7-10(9)15(17)18;/h3-4,7,13H,5-6H2,1-2H3;1H. The molecule has 0 spiro atoms. The molecule has 1 amide bonds. The number of amides is 1. The molecular formula is C11H15ClFN3O3. The molecule has 1 aromatic rings. The molecule has 0 aromatic heterocycles. The van der Waals surface area contributed by atoms with Crippen molar-refractivity contribution >= 4 is 24.0 Å². The Morgan fingerprint density at radius 2 is 2.16 bits per heavy atom. The van der Waals surface area contributed by atoms with E-state index < -0.39 is 22.3 Å². The molecule has 0 atom stereocenters. The lowest BCUT2D eigenvalue weighted by Crippen LogP contribution is -2.33. The zero-order valence-corrected chi connectivity index (χ0v) is 11.4. The quantitative estimate of drug-likeness (QED) is 0.658.